The van der Waals surface area contributed by atoms with Crippen molar-refractivity contribution in [2.75, 3.05) is 25.5 Å². The van der Waals surface area contributed by atoms with Gasteiger partial charge in [0.2, 0.25) is 0 Å². The van der Waals surface area contributed by atoms with Crippen LogP contribution in [0.1, 0.15) is 25.7 Å². The Hall–Kier alpha value is -0.680. The molecule has 2 rings (SSSR count). The standard InChI is InChI=1S/C12H19BrN4/c1-17(10-4-2-3-5-10)7-6-14-12-8-11(13)15-9-16-12/h8-10H,2-7H2,1H3,(H,14,15,16). The van der Waals surface area contributed by atoms with E-state index in [0.717, 1.165) is 29.6 Å². The van der Waals surface area contributed by atoms with Gasteiger partial charge in [-0.2, -0.15) is 0 Å². The van der Waals surface area contributed by atoms with Gasteiger partial charge in [-0.05, 0) is 35.8 Å². The van der Waals surface area contributed by atoms with Crippen molar-refractivity contribution in [3.8, 4) is 0 Å². The van der Waals surface area contributed by atoms with Crippen LogP contribution in [0.3, 0.4) is 0 Å². The summed E-state index contributed by atoms with van der Waals surface area (Å²) >= 11 is 3.34. The number of hydrogen-bond donors (Lipinski definition) is 1. The van der Waals surface area contributed by atoms with E-state index in [-0.39, 0.29) is 0 Å². The molecule has 1 fully saturated rings. The van der Waals surface area contributed by atoms with Crippen LogP contribution in [0.2, 0.25) is 0 Å². The van der Waals surface area contributed by atoms with Crippen LogP contribution in [-0.4, -0.2) is 41.0 Å². The van der Waals surface area contributed by atoms with Crippen molar-refractivity contribution in [1.29, 1.82) is 0 Å². The van der Waals surface area contributed by atoms with Crippen molar-refractivity contribution in [3.63, 3.8) is 0 Å². The third kappa shape index (κ3) is 3.92. The molecule has 1 aromatic heterocycles. The van der Waals surface area contributed by atoms with Crippen molar-refractivity contribution in [1.82, 2.24) is 14.9 Å². The van der Waals surface area contributed by atoms with E-state index in [4.69, 9.17) is 0 Å². The second-order valence-electron chi connectivity index (χ2n) is 4.57. The van der Waals surface area contributed by atoms with Gasteiger partial charge in [0.15, 0.2) is 0 Å². The van der Waals surface area contributed by atoms with E-state index in [1.807, 2.05) is 6.07 Å². The number of nitrogens with zero attached hydrogens (tertiary/aromatic N) is 3. The third-order valence-corrected chi connectivity index (χ3v) is 3.79. The summed E-state index contributed by atoms with van der Waals surface area (Å²) < 4.78 is 0.819. The van der Waals surface area contributed by atoms with E-state index < -0.39 is 0 Å². The Balaban J connectivity index is 1.71. The molecular formula is C12H19BrN4. The first kappa shape index (κ1) is 12.8. The minimum absolute atomic E-state index is 0.786. The zero-order valence-corrected chi connectivity index (χ0v) is 11.8. The van der Waals surface area contributed by atoms with Gasteiger partial charge in [0.25, 0.3) is 0 Å². The SMILES string of the molecule is CN(CCNc1cc(Br)ncn1)C1CCCC1. The van der Waals surface area contributed by atoms with Crippen LogP contribution in [0, 0.1) is 0 Å². The highest BCUT2D eigenvalue weighted by atomic mass is 79.9. The number of halogens is 1. The summed E-state index contributed by atoms with van der Waals surface area (Å²) in [6.07, 6.45) is 7.06. The molecule has 1 saturated carbocycles. The molecule has 0 spiro atoms. The molecule has 0 radical (unpaired) electrons. The molecule has 0 aromatic carbocycles. The summed E-state index contributed by atoms with van der Waals surface area (Å²) in [5.41, 5.74) is 0. The minimum atomic E-state index is 0.786. The molecule has 4 nitrogen and oxygen atoms in total. The monoisotopic (exact) mass is 298 g/mol. The first-order chi connectivity index (χ1) is 8.25. The van der Waals surface area contributed by atoms with Gasteiger partial charge in [-0.15, -0.1) is 0 Å². The highest BCUT2D eigenvalue weighted by Gasteiger charge is 2.18. The first-order valence-electron chi connectivity index (χ1n) is 6.17. The highest BCUT2D eigenvalue weighted by molar-refractivity contribution is 9.10. The Bertz CT molecular complexity index is 352. The molecule has 1 heterocycles. The van der Waals surface area contributed by atoms with Crippen molar-refractivity contribution in [3.05, 3.63) is 17.0 Å². The van der Waals surface area contributed by atoms with Gasteiger partial charge < -0.3 is 10.2 Å². The molecule has 1 aromatic rings. The lowest BCUT2D eigenvalue weighted by atomic mass is 10.2. The van der Waals surface area contributed by atoms with E-state index >= 15 is 0 Å². The first-order valence-corrected chi connectivity index (χ1v) is 6.96. The van der Waals surface area contributed by atoms with Crippen LogP contribution in [0.25, 0.3) is 0 Å². The minimum Gasteiger partial charge on any atom is -0.369 e. The van der Waals surface area contributed by atoms with E-state index in [9.17, 15) is 0 Å². The maximum atomic E-state index is 4.16. The summed E-state index contributed by atoms with van der Waals surface area (Å²) in [6.45, 7) is 1.99. The molecule has 0 amide bonds. The average molecular weight is 299 g/mol. The third-order valence-electron chi connectivity index (χ3n) is 3.35. The Labute approximate surface area is 111 Å². The van der Waals surface area contributed by atoms with Gasteiger partial charge in [0, 0.05) is 25.2 Å². The van der Waals surface area contributed by atoms with Gasteiger partial charge in [-0.3, -0.25) is 0 Å². The molecule has 0 saturated heterocycles. The van der Waals surface area contributed by atoms with Crippen LogP contribution in [0.5, 0.6) is 0 Å². The Morgan fingerprint density at radius 2 is 2.18 bits per heavy atom. The summed E-state index contributed by atoms with van der Waals surface area (Å²) in [4.78, 5) is 10.6. The van der Waals surface area contributed by atoms with E-state index in [2.05, 4.69) is 43.2 Å². The second-order valence-corrected chi connectivity index (χ2v) is 5.38. The topological polar surface area (TPSA) is 41.0 Å². The van der Waals surface area contributed by atoms with Gasteiger partial charge in [-0.1, -0.05) is 12.8 Å². The van der Waals surface area contributed by atoms with Crippen molar-refractivity contribution >= 4 is 21.7 Å². The van der Waals surface area contributed by atoms with Crippen molar-refractivity contribution < 1.29 is 0 Å². The molecule has 94 valence electrons. The molecule has 0 atom stereocenters. The number of anilines is 1. The Morgan fingerprint density at radius 3 is 2.88 bits per heavy atom. The second kappa shape index (κ2) is 6.31. The van der Waals surface area contributed by atoms with Crippen molar-refractivity contribution in [2.24, 2.45) is 0 Å². The molecule has 1 N–H and O–H groups in total. The number of likely N-dealkylation sites (N-methyl/N-ethyl adjacent to an activating group) is 1. The number of nitrogens with one attached hydrogen (secondary N) is 1. The lowest BCUT2D eigenvalue weighted by Crippen LogP contribution is -2.33. The largest absolute Gasteiger partial charge is 0.369 e. The van der Waals surface area contributed by atoms with Gasteiger partial charge in [0.1, 0.15) is 16.7 Å². The van der Waals surface area contributed by atoms with E-state index in [1.54, 1.807) is 6.33 Å². The predicted molar refractivity (Wildman–Crippen MR) is 73.1 cm³/mol. The molecular weight excluding hydrogens is 280 g/mol. The summed E-state index contributed by atoms with van der Waals surface area (Å²) in [5.74, 6) is 0.881. The van der Waals surface area contributed by atoms with Crippen LogP contribution in [-0.2, 0) is 0 Å². The molecule has 0 aliphatic heterocycles. The molecule has 17 heavy (non-hydrogen) atoms. The Morgan fingerprint density at radius 1 is 1.41 bits per heavy atom. The lowest BCUT2D eigenvalue weighted by molar-refractivity contribution is 0.254. The van der Waals surface area contributed by atoms with Crippen LogP contribution >= 0.6 is 15.9 Å². The smallest absolute Gasteiger partial charge is 0.130 e. The lowest BCUT2D eigenvalue weighted by Gasteiger charge is -2.23. The van der Waals surface area contributed by atoms with Crippen LogP contribution in [0.15, 0.2) is 17.0 Å². The highest BCUT2D eigenvalue weighted by Crippen LogP contribution is 2.21. The molecule has 1 aliphatic rings. The maximum absolute atomic E-state index is 4.16. The quantitative estimate of drug-likeness (QED) is 0.848. The van der Waals surface area contributed by atoms with Gasteiger partial charge in [0.05, 0.1) is 0 Å². The maximum Gasteiger partial charge on any atom is 0.130 e. The average Bonchev–Trinajstić information content (AvgIpc) is 2.82. The predicted octanol–water partition coefficient (Wildman–Crippen LogP) is 2.53. The van der Waals surface area contributed by atoms with E-state index in [1.165, 1.54) is 25.7 Å². The fourth-order valence-electron chi connectivity index (χ4n) is 2.32. The molecule has 5 heteroatoms. The normalized spacial score (nSPS) is 16.6. The fraction of sp³-hybridized carbons (Fsp3) is 0.667. The van der Waals surface area contributed by atoms with E-state index in [0.29, 0.717) is 0 Å². The summed E-state index contributed by atoms with van der Waals surface area (Å²) in [7, 11) is 2.22. The van der Waals surface area contributed by atoms with Crippen LogP contribution in [0.4, 0.5) is 5.82 Å². The van der Waals surface area contributed by atoms with Gasteiger partial charge >= 0.3 is 0 Å². The molecule has 0 bridgehead atoms. The number of hydrogen-bond acceptors (Lipinski definition) is 4. The zero-order chi connectivity index (χ0) is 12.1. The zero-order valence-electron chi connectivity index (χ0n) is 10.2. The fourth-order valence-corrected chi connectivity index (χ4v) is 2.63. The summed E-state index contributed by atoms with van der Waals surface area (Å²) in [6, 6.07) is 2.68. The molecule has 1 aliphatic carbocycles. The Kier molecular flexibility index (Phi) is 4.74. The van der Waals surface area contributed by atoms with Gasteiger partial charge in [-0.25, -0.2) is 9.97 Å². The van der Waals surface area contributed by atoms with Crippen LogP contribution < -0.4 is 5.32 Å². The molecule has 0 unspecified atom stereocenters. The number of rotatable bonds is 5. The summed E-state index contributed by atoms with van der Waals surface area (Å²) in [5, 5.41) is 3.32. The number of aromatic nitrogens is 2. The van der Waals surface area contributed by atoms with Crippen molar-refractivity contribution in [2.45, 2.75) is 31.7 Å².